The fourth-order valence-corrected chi connectivity index (χ4v) is 3.35. The van der Waals surface area contributed by atoms with Gasteiger partial charge in [-0.25, -0.2) is 0 Å². The molecule has 0 atom stereocenters. The Kier molecular flexibility index (Phi) is 9.49. The molecule has 2 aromatic carbocycles. The minimum atomic E-state index is -0.390. The lowest BCUT2D eigenvalue weighted by Crippen LogP contribution is -2.39. The van der Waals surface area contributed by atoms with Gasteiger partial charge in [0.25, 0.3) is 5.91 Å². The Morgan fingerprint density at radius 1 is 1.12 bits per heavy atom. The third-order valence-electron chi connectivity index (χ3n) is 5.13. The lowest BCUT2D eigenvalue weighted by molar-refractivity contribution is -0.121. The Balaban J connectivity index is 1.44. The Morgan fingerprint density at radius 3 is 2.67 bits per heavy atom. The van der Waals surface area contributed by atoms with Gasteiger partial charge in [0.2, 0.25) is 5.91 Å². The maximum Gasteiger partial charge on any atom is 0.262 e. The Bertz CT molecular complexity index is 992. The highest BCUT2D eigenvalue weighted by Crippen LogP contribution is 2.17. The van der Waals surface area contributed by atoms with Crippen LogP contribution in [-0.2, 0) is 20.7 Å². The topological polar surface area (TPSA) is 100 Å². The molecular weight excluding hydrogens is 418 g/mol. The van der Waals surface area contributed by atoms with Gasteiger partial charge in [-0.15, -0.1) is 0 Å². The van der Waals surface area contributed by atoms with E-state index >= 15 is 0 Å². The van der Waals surface area contributed by atoms with Crippen LogP contribution in [0.2, 0.25) is 0 Å². The average Bonchev–Trinajstić information content (AvgIpc) is 2.84. The predicted octanol–water partition coefficient (Wildman–Crippen LogP) is 3.18. The van der Waals surface area contributed by atoms with Crippen molar-refractivity contribution in [3.05, 3.63) is 77.8 Å². The second kappa shape index (κ2) is 13.0. The van der Waals surface area contributed by atoms with E-state index in [-0.39, 0.29) is 36.5 Å². The summed E-state index contributed by atoms with van der Waals surface area (Å²) in [5.74, 6) is 0.0459. The summed E-state index contributed by atoms with van der Waals surface area (Å²) >= 11 is 0. The zero-order valence-electron chi connectivity index (χ0n) is 18.5. The zero-order chi connectivity index (χ0) is 23.3. The highest BCUT2D eigenvalue weighted by atomic mass is 16.5. The van der Waals surface area contributed by atoms with Crippen molar-refractivity contribution in [1.82, 2.24) is 10.6 Å². The van der Waals surface area contributed by atoms with E-state index in [0.717, 1.165) is 18.4 Å². The lowest BCUT2D eigenvalue weighted by atomic mass is 10.1. The van der Waals surface area contributed by atoms with Crippen LogP contribution in [0.4, 0.5) is 0 Å². The molecule has 1 radical (unpaired) electrons. The van der Waals surface area contributed by atoms with E-state index in [1.54, 1.807) is 30.8 Å². The van der Waals surface area contributed by atoms with E-state index in [0.29, 0.717) is 30.9 Å². The molecule has 2 N–H and O–H groups in total. The van der Waals surface area contributed by atoms with Crippen molar-refractivity contribution in [3.8, 4) is 11.8 Å². The Labute approximate surface area is 194 Å². The molecule has 1 aliphatic rings. The molecule has 0 saturated carbocycles. The molecule has 1 fully saturated rings. The van der Waals surface area contributed by atoms with Crippen molar-refractivity contribution in [2.75, 3.05) is 19.8 Å². The third kappa shape index (κ3) is 8.43. The van der Waals surface area contributed by atoms with E-state index < -0.39 is 0 Å². The van der Waals surface area contributed by atoms with Gasteiger partial charge < -0.3 is 20.1 Å². The number of benzene rings is 2. The molecule has 0 spiro atoms. The van der Waals surface area contributed by atoms with Gasteiger partial charge in [0, 0.05) is 19.3 Å². The monoisotopic (exact) mass is 446 g/mol. The molecule has 0 unspecified atom stereocenters. The molecule has 2 amide bonds. The van der Waals surface area contributed by atoms with Crippen molar-refractivity contribution in [2.45, 2.75) is 31.7 Å². The molecule has 3 rings (SSSR count). The Morgan fingerprint density at radius 2 is 1.91 bits per heavy atom. The smallest absolute Gasteiger partial charge is 0.262 e. The first-order chi connectivity index (χ1) is 16.1. The minimum absolute atomic E-state index is 0.0220. The van der Waals surface area contributed by atoms with Gasteiger partial charge in [0.1, 0.15) is 17.4 Å². The number of nitrogens with one attached hydrogen (secondary N) is 2. The summed E-state index contributed by atoms with van der Waals surface area (Å²) in [4.78, 5) is 24.4. The largest absolute Gasteiger partial charge is 0.493 e. The summed E-state index contributed by atoms with van der Waals surface area (Å²) in [5.41, 5.74) is 1.83. The first kappa shape index (κ1) is 24.0. The number of nitrogens with zero attached hydrogens (tertiary/aromatic N) is 1. The first-order valence-corrected chi connectivity index (χ1v) is 11.0. The molecule has 1 heterocycles. The van der Waals surface area contributed by atoms with Crippen molar-refractivity contribution in [1.29, 1.82) is 5.26 Å². The van der Waals surface area contributed by atoms with Crippen LogP contribution >= 0.6 is 0 Å². The van der Waals surface area contributed by atoms with Crippen LogP contribution in [0.15, 0.2) is 60.2 Å². The van der Waals surface area contributed by atoms with Crippen LogP contribution in [-0.4, -0.2) is 37.7 Å². The SMILES string of the molecule is N#CC(=Cc1cccc(OCCC(=O)N[CH]Cc2ccccc2)c1)C(=O)NC1CCOCC1. The van der Waals surface area contributed by atoms with Crippen molar-refractivity contribution >= 4 is 17.9 Å². The van der Waals surface area contributed by atoms with Gasteiger partial charge in [-0.1, -0.05) is 42.5 Å². The molecule has 7 heteroatoms. The summed E-state index contributed by atoms with van der Waals surface area (Å²) < 4.78 is 11.0. The molecule has 1 saturated heterocycles. The molecule has 2 aromatic rings. The molecule has 7 nitrogen and oxygen atoms in total. The standard InChI is InChI=1S/C26H28N3O4/c27-19-22(26(31)29-23-10-14-32-15-11-23)17-21-7-4-8-24(18-21)33-16-12-25(30)28-13-9-20-5-2-1-3-6-20/h1-8,13,17-18,23H,9-12,14-16H2,(H,28,30)(H,29,31). The predicted molar refractivity (Wildman–Crippen MR) is 125 cm³/mol. The molecule has 33 heavy (non-hydrogen) atoms. The van der Waals surface area contributed by atoms with E-state index in [4.69, 9.17) is 9.47 Å². The number of amides is 2. The van der Waals surface area contributed by atoms with Gasteiger partial charge in [0.15, 0.2) is 0 Å². The van der Waals surface area contributed by atoms with Crippen LogP contribution < -0.4 is 15.4 Å². The highest BCUT2D eigenvalue weighted by Gasteiger charge is 2.18. The van der Waals surface area contributed by atoms with Crippen LogP contribution in [0.1, 0.15) is 30.4 Å². The number of nitriles is 1. The summed E-state index contributed by atoms with van der Waals surface area (Å²) in [5, 5.41) is 15.1. The zero-order valence-corrected chi connectivity index (χ0v) is 18.5. The fourth-order valence-electron chi connectivity index (χ4n) is 3.35. The number of ether oxygens (including phenoxy) is 2. The van der Waals surface area contributed by atoms with E-state index in [9.17, 15) is 14.9 Å². The van der Waals surface area contributed by atoms with Crippen LogP contribution in [0, 0.1) is 17.9 Å². The number of carbonyl (C=O) groups excluding carboxylic acids is 2. The number of rotatable bonds is 10. The maximum absolute atomic E-state index is 12.4. The molecular formula is C26H28N3O4. The maximum atomic E-state index is 12.4. The fraction of sp³-hybridized carbons (Fsp3) is 0.308. The van der Waals surface area contributed by atoms with Crippen LogP contribution in [0.5, 0.6) is 5.75 Å². The van der Waals surface area contributed by atoms with E-state index in [2.05, 4.69) is 10.6 Å². The third-order valence-corrected chi connectivity index (χ3v) is 5.13. The van der Waals surface area contributed by atoms with Crippen molar-refractivity contribution < 1.29 is 19.1 Å². The van der Waals surface area contributed by atoms with E-state index in [1.165, 1.54) is 6.08 Å². The molecule has 1 aliphatic heterocycles. The Hall–Kier alpha value is -3.63. The summed E-state index contributed by atoms with van der Waals surface area (Å²) in [7, 11) is 0. The molecule has 0 aromatic heterocycles. The van der Waals surface area contributed by atoms with Gasteiger partial charge in [-0.2, -0.15) is 5.26 Å². The van der Waals surface area contributed by atoms with Crippen molar-refractivity contribution in [2.24, 2.45) is 0 Å². The summed E-state index contributed by atoms with van der Waals surface area (Å²) in [6.07, 6.45) is 3.89. The van der Waals surface area contributed by atoms with E-state index in [1.807, 2.05) is 36.4 Å². The van der Waals surface area contributed by atoms with Gasteiger partial charge in [-0.3, -0.25) is 9.59 Å². The second-order valence-electron chi connectivity index (χ2n) is 7.66. The normalized spacial score (nSPS) is 14.2. The molecule has 171 valence electrons. The minimum Gasteiger partial charge on any atom is -0.493 e. The number of hydrogen-bond donors (Lipinski definition) is 2. The lowest BCUT2D eigenvalue weighted by Gasteiger charge is -2.22. The first-order valence-electron chi connectivity index (χ1n) is 11.0. The van der Waals surface area contributed by atoms with Gasteiger partial charge in [0.05, 0.1) is 19.6 Å². The molecule has 0 bridgehead atoms. The van der Waals surface area contributed by atoms with Crippen molar-refractivity contribution in [3.63, 3.8) is 0 Å². The number of carbonyl (C=O) groups is 2. The second-order valence-corrected chi connectivity index (χ2v) is 7.66. The highest BCUT2D eigenvalue weighted by molar-refractivity contribution is 6.01. The van der Waals surface area contributed by atoms with Crippen LogP contribution in [0.25, 0.3) is 6.08 Å². The van der Waals surface area contributed by atoms with Gasteiger partial charge >= 0.3 is 0 Å². The summed E-state index contributed by atoms with van der Waals surface area (Å²) in [6, 6.07) is 18.9. The summed E-state index contributed by atoms with van der Waals surface area (Å²) in [6.45, 7) is 3.17. The number of hydrogen-bond acceptors (Lipinski definition) is 5. The average molecular weight is 447 g/mol. The molecule has 0 aliphatic carbocycles. The quantitative estimate of drug-likeness (QED) is 0.431. The van der Waals surface area contributed by atoms with Gasteiger partial charge in [-0.05, 0) is 48.6 Å². The van der Waals surface area contributed by atoms with Crippen LogP contribution in [0.3, 0.4) is 0 Å².